The third-order valence-corrected chi connectivity index (χ3v) is 8.88. The summed E-state index contributed by atoms with van der Waals surface area (Å²) in [7, 11) is 3.12. The van der Waals surface area contributed by atoms with Gasteiger partial charge in [0, 0.05) is 55.2 Å². The Kier molecular flexibility index (Phi) is 9.25. The zero-order valence-electron chi connectivity index (χ0n) is 23.4. The molecule has 11 heteroatoms. The van der Waals surface area contributed by atoms with E-state index < -0.39 is 0 Å². The van der Waals surface area contributed by atoms with Crippen molar-refractivity contribution < 1.29 is 19.1 Å². The summed E-state index contributed by atoms with van der Waals surface area (Å²) in [6, 6.07) is 19.2. The summed E-state index contributed by atoms with van der Waals surface area (Å²) in [5.41, 5.74) is 1.52. The number of hydrogen-bond acceptors (Lipinski definition) is 8. The fourth-order valence-corrected chi connectivity index (χ4v) is 6.46. The fourth-order valence-electron chi connectivity index (χ4n) is 4.87. The average molecular weight is 592 g/mol. The van der Waals surface area contributed by atoms with Crippen molar-refractivity contribution in [3.63, 3.8) is 0 Å². The zero-order chi connectivity index (χ0) is 28.8. The van der Waals surface area contributed by atoms with Gasteiger partial charge in [-0.2, -0.15) is 0 Å². The molecule has 9 nitrogen and oxygen atoms in total. The van der Waals surface area contributed by atoms with Crippen LogP contribution in [0.4, 0.5) is 0 Å². The molecule has 214 valence electrons. The molecule has 1 saturated heterocycles. The van der Waals surface area contributed by atoms with Crippen LogP contribution in [0.5, 0.6) is 11.5 Å². The molecule has 5 rings (SSSR count). The second-order valence-corrected chi connectivity index (χ2v) is 11.7. The monoisotopic (exact) mass is 591 g/mol. The molecule has 0 spiro atoms. The first-order chi connectivity index (χ1) is 20.0. The number of benzene rings is 2. The summed E-state index contributed by atoms with van der Waals surface area (Å²) in [5.74, 6) is 2.71. The third-order valence-electron chi connectivity index (χ3n) is 6.99. The molecule has 3 heterocycles. The van der Waals surface area contributed by atoms with Gasteiger partial charge in [-0.15, -0.1) is 21.5 Å². The molecule has 1 aliphatic heterocycles. The van der Waals surface area contributed by atoms with E-state index in [0.29, 0.717) is 43.1 Å². The van der Waals surface area contributed by atoms with Gasteiger partial charge in [0.05, 0.1) is 19.1 Å². The van der Waals surface area contributed by atoms with Crippen molar-refractivity contribution in [2.75, 3.05) is 39.6 Å². The van der Waals surface area contributed by atoms with E-state index >= 15 is 0 Å². The van der Waals surface area contributed by atoms with E-state index in [9.17, 15) is 9.59 Å². The number of thioether (sulfide) groups is 1. The number of hydrogen-bond donors (Lipinski definition) is 0. The number of aromatic nitrogens is 3. The highest BCUT2D eigenvalue weighted by atomic mass is 32.2. The van der Waals surface area contributed by atoms with Crippen LogP contribution < -0.4 is 9.47 Å². The van der Waals surface area contributed by atoms with E-state index in [0.717, 1.165) is 33.7 Å². The van der Waals surface area contributed by atoms with Crippen LogP contribution in [0, 0.1) is 0 Å². The minimum atomic E-state index is -0.105. The number of nitrogens with zero attached hydrogens (tertiary/aromatic N) is 5. The van der Waals surface area contributed by atoms with E-state index in [4.69, 9.17) is 9.47 Å². The van der Waals surface area contributed by atoms with Crippen molar-refractivity contribution in [2.24, 2.45) is 0 Å². The maximum atomic E-state index is 13.3. The third kappa shape index (κ3) is 6.57. The summed E-state index contributed by atoms with van der Waals surface area (Å²) in [5, 5.41) is 11.8. The van der Waals surface area contributed by atoms with Crippen molar-refractivity contribution in [2.45, 2.75) is 31.0 Å². The van der Waals surface area contributed by atoms with Crippen LogP contribution in [0.3, 0.4) is 0 Å². The number of ether oxygens (including phenoxy) is 2. The van der Waals surface area contributed by atoms with Gasteiger partial charge in [-0.05, 0) is 49.1 Å². The Bertz CT molecular complexity index is 1450. The molecule has 0 aliphatic carbocycles. The minimum Gasteiger partial charge on any atom is -0.497 e. The van der Waals surface area contributed by atoms with E-state index in [-0.39, 0.29) is 17.9 Å². The van der Waals surface area contributed by atoms with Crippen molar-refractivity contribution >= 4 is 34.9 Å². The van der Waals surface area contributed by atoms with E-state index in [1.165, 1.54) is 0 Å². The number of piperazine rings is 1. The largest absolute Gasteiger partial charge is 0.497 e. The number of methoxy groups -OCH3 is 2. The van der Waals surface area contributed by atoms with Gasteiger partial charge in [0.25, 0.3) is 5.91 Å². The highest BCUT2D eigenvalue weighted by molar-refractivity contribution is 7.99. The average Bonchev–Trinajstić information content (AvgIpc) is 3.69. The molecule has 41 heavy (non-hydrogen) atoms. The van der Waals surface area contributed by atoms with Gasteiger partial charge in [-0.1, -0.05) is 36.0 Å². The quantitative estimate of drug-likeness (QED) is 0.184. The van der Waals surface area contributed by atoms with Crippen LogP contribution in [-0.4, -0.2) is 82.0 Å². The predicted octanol–water partition coefficient (Wildman–Crippen LogP) is 5.26. The summed E-state index contributed by atoms with van der Waals surface area (Å²) >= 11 is 3.24. The lowest BCUT2D eigenvalue weighted by Gasteiger charge is -2.40. The molecule has 1 unspecified atom stereocenters. The van der Waals surface area contributed by atoms with E-state index in [1.807, 2.05) is 64.6 Å². The number of amides is 2. The van der Waals surface area contributed by atoms with Gasteiger partial charge in [-0.25, -0.2) is 0 Å². The lowest BCUT2D eigenvalue weighted by atomic mass is 10.1. The predicted molar refractivity (Wildman–Crippen MR) is 161 cm³/mol. The van der Waals surface area contributed by atoms with Crippen LogP contribution in [0.15, 0.2) is 71.2 Å². The van der Waals surface area contributed by atoms with Gasteiger partial charge < -0.3 is 19.3 Å². The molecular formula is C30H33N5O4S2. The molecular weight excluding hydrogens is 558 g/mol. The van der Waals surface area contributed by atoms with Gasteiger partial charge in [0.1, 0.15) is 11.5 Å². The van der Waals surface area contributed by atoms with Crippen LogP contribution in [-0.2, 0) is 4.79 Å². The van der Waals surface area contributed by atoms with Crippen LogP contribution in [0.25, 0.3) is 16.4 Å². The van der Waals surface area contributed by atoms with Crippen LogP contribution in [0.1, 0.15) is 30.1 Å². The SMILES string of the molecule is COc1cc(OC)cc(C(=O)N2CCN(C(=O)CCCSc3nnc(-c4cccs4)n3-c3ccccc3)CC2C)c1. The summed E-state index contributed by atoms with van der Waals surface area (Å²) in [6.45, 7) is 3.47. The molecule has 2 aromatic heterocycles. The molecule has 2 amide bonds. The van der Waals surface area contributed by atoms with Crippen molar-refractivity contribution in [1.29, 1.82) is 0 Å². The molecule has 0 radical (unpaired) electrons. The molecule has 4 aromatic rings. The minimum absolute atomic E-state index is 0.0948. The Hall–Kier alpha value is -3.83. The maximum absolute atomic E-state index is 13.3. The molecule has 0 bridgehead atoms. The van der Waals surface area contributed by atoms with Crippen molar-refractivity contribution in [3.05, 3.63) is 71.6 Å². The number of thiophene rings is 1. The molecule has 1 atom stereocenters. The van der Waals surface area contributed by atoms with Gasteiger partial charge in [0.2, 0.25) is 5.91 Å². The van der Waals surface area contributed by atoms with Gasteiger partial charge in [-0.3, -0.25) is 14.2 Å². The lowest BCUT2D eigenvalue weighted by molar-refractivity contribution is -0.133. The van der Waals surface area contributed by atoms with E-state index in [2.05, 4.69) is 14.8 Å². The normalized spacial score (nSPS) is 15.1. The Balaban J connectivity index is 1.15. The smallest absolute Gasteiger partial charge is 0.254 e. The molecule has 0 saturated carbocycles. The lowest BCUT2D eigenvalue weighted by Crippen LogP contribution is -2.55. The highest BCUT2D eigenvalue weighted by Crippen LogP contribution is 2.31. The Morgan fingerprint density at radius 2 is 1.76 bits per heavy atom. The first-order valence-electron chi connectivity index (χ1n) is 13.5. The Morgan fingerprint density at radius 1 is 1.00 bits per heavy atom. The molecule has 1 aliphatic rings. The Labute approximate surface area is 248 Å². The molecule has 0 N–H and O–H groups in total. The zero-order valence-corrected chi connectivity index (χ0v) is 25.0. The number of carbonyl (C=O) groups is 2. The van der Waals surface area contributed by atoms with Gasteiger partial charge in [0.15, 0.2) is 11.0 Å². The second kappa shape index (κ2) is 13.2. The summed E-state index contributed by atoms with van der Waals surface area (Å²) in [4.78, 5) is 31.1. The fraction of sp³-hybridized carbons (Fsp3) is 0.333. The van der Waals surface area contributed by atoms with Crippen LogP contribution in [0.2, 0.25) is 0 Å². The first-order valence-corrected chi connectivity index (χ1v) is 15.3. The summed E-state index contributed by atoms with van der Waals surface area (Å²) < 4.78 is 12.7. The van der Waals surface area contributed by atoms with Crippen LogP contribution >= 0.6 is 23.1 Å². The first kappa shape index (κ1) is 28.7. The van der Waals surface area contributed by atoms with Crippen molar-refractivity contribution in [1.82, 2.24) is 24.6 Å². The second-order valence-electron chi connectivity index (χ2n) is 9.70. The number of carbonyl (C=O) groups excluding carboxylic acids is 2. The van der Waals surface area contributed by atoms with E-state index in [1.54, 1.807) is 55.5 Å². The molecule has 2 aromatic carbocycles. The maximum Gasteiger partial charge on any atom is 0.254 e. The van der Waals surface area contributed by atoms with Gasteiger partial charge >= 0.3 is 0 Å². The summed E-state index contributed by atoms with van der Waals surface area (Å²) in [6.07, 6.45) is 1.16. The highest BCUT2D eigenvalue weighted by Gasteiger charge is 2.30. The standard InChI is InChI=1S/C30H33N5O4S2/c1-21-20-33(13-14-34(21)29(37)22-17-24(38-2)19-25(18-22)39-3)27(36)12-8-16-41-30-32-31-28(26-11-7-15-40-26)35(30)23-9-5-4-6-10-23/h4-7,9-11,15,17-19,21H,8,12-14,16,20H2,1-3H3. The molecule has 1 fully saturated rings. The topological polar surface area (TPSA) is 89.8 Å². The number of para-hydroxylation sites is 1. The Morgan fingerprint density at radius 3 is 2.41 bits per heavy atom. The number of rotatable bonds is 10. The van der Waals surface area contributed by atoms with Crippen molar-refractivity contribution in [3.8, 4) is 27.9 Å².